The van der Waals surface area contributed by atoms with Gasteiger partial charge in [0.1, 0.15) is 5.00 Å². The molecule has 0 bridgehead atoms. The molecule has 0 saturated heterocycles. The summed E-state index contributed by atoms with van der Waals surface area (Å²) >= 11 is 1.09. The Morgan fingerprint density at radius 2 is 1.94 bits per heavy atom. The predicted octanol–water partition coefficient (Wildman–Crippen LogP) is 3.32. The van der Waals surface area contributed by atoms with Crippen LogP contribution < -0.4 is 10.6 Å². The summed E-state index contributed by atoms with van der Waals surface area (Å²) in [6.07, 6.45) is 3.01. The van der Waals surface area contributed by atoms with Crippen molar-refractivity contribution < 1.29 is 19.1 Å². The molecule has 164 valence electrons. The third-order valence-corrected chi connectivity index (χ3v) is 6.32. The van der Waals surface area contributed by atoms with E-state index in [1.807, 2.05) is 23.1 Å². The first kappa shape index (κ1) is 22.7. The number of nitrogens with one attached hydrogen (secondary N) is 2. The molecule has 2 aromatic rings. The van der Waals surface area contributed by atoms with Gasteiger partial charge in [-0.3, -0.25) is 14.5 Å². The Kier molecular flexibility index (Phi) is 7.59. The zero-order valence-corrected chi connectivity index (χ0v) is 18.8. The summed E-state index contributed by atoms with van der Waals surface area (Å²) in [5.41, 5.74) is 3.24. The van der Waals surface area contributed by atoms with Crippen LogP contribution in [-0.2, 0) is 9.53 Å². The van der Waals surface area contributed by atoms with Gasteiger partial charge in [0.2, 0.25) is 5.91 Å². The number of benzene rings is 1. The molecule has 1 aromatic carbocycles. The fraction of sp³-hybridized carbons (Fsp3) is 0.348. The molecular formula is C23H27N3O4S. The van der Waals surface area contributed by atoms with Gasteiger partial charge in [-0.05, 0) is 37.0 Å². The summed E-state index contributed by atoms with van der Waals surface area (Å²) in [5, 5.41) is 5.72. The molecule has 2 heterocycles. The van der Waals surface area contributed by atoms with E-state index in [-0.39, 0.29) is 30.5 Å². The largest absolute Gasteiger partial charge is 0.462 e. The van der Waals surface area contributed by atoms with Crippen molar-refractivity contribution in [3.8, 4) is 0 Å². The Labute approximate surface area is 186 Å². The maximum absolute atomic E-state index is 12.7. The summed E-state index contributed by atoms with van der Waals surface area (Å²) in [6, 6.07) is 10.2. The lowest BCUT2D eigenvalue weighted by molar-refractivity contribution is -0.117. The number of anilines is 1. The molecule has 3 rings (SSSR count). The average molecular weight is 442 g/mol. The molecule has 0 spiro atoms. The maximum atomic E-state index is 12.7. The van der Waals surface area contributed by atoms with Crippen molar-refractivity contribution in [1.29, 1.82) is 0 Å². The summed E-state index contributed by atoms with van der Waals surface area (Å²) in [7, 11) is 1.53. The molecule has 2 amide bonds. The van der Waals surface area contributed by atoms with Crippen molar-refractivity contribution in [1.82, 2.24) is 10.2 Å². The van der Waals surface area contributed by atoms with Gasteiger partial charge in [0.05, 0.1) is 23.6 Å². The maximum Gasteiger partial charge on any atom is 0.341 e. The third-order valence-electron chi connectivity index (χ3n) is 5.12. The molecule has 31 heavy (non-hydrogen) atoms. The fourth-order valence-electron chi connectivity index (χ4n) is 3.52. The molecule has 0 radical (unpaired) electrons. The quantitative estimate of drug-likeness (QED) is 0.644. The molecule has 2 N–H and O–H groups in total. The lowest BCUT2D eigenvalue weighted by Crippen LogP contribution is -2.36. The van der Waals surface area contributed by atoms with Crippen molar-refractivity contribution in [3.05, 3.63) is 58.0 Å². The van der Waals surface area contributed by atoms with Gasteiger partial charge in [0.25, 0.3) is 5.91 Å². The molecule has 1 aliphatic heterocycles. The van der Waals surface area contributed by atoms with Gasteiger partial charge in [-0.25, -0.2) is 4.79 Å². The van der Waals surface area contributed by atoms with Gasteiger partial charge in [-0.2, -0.15) is 0 Å². The highest BCUT2D eigenvalue weighted by Crippen LogP contribution is 2.34. The topological polar surface area (TPSA) is 87.7 Å². The Balaban J connectivity index is 1.69. The molecule has 0 unspecified atom stereocenters. The summed E-state index contributed by atoms with van der Waals surface area (Å²) < 4.78 is 5.13. The van der Waals surface area contributed by atoms with E-state index >= 15 is 0 Å². The molecule has 8 heteroatoms. The molecule has 7 nitrogen and oxygen atoms in total. The first-order valence-corrected chi connectivity index (χ1v) is 11.1. The normalized spacial score (nSPS) is 14.0. The second kappa shape index (κ2) is 10.4. The third kappa shape index (κ3) is 5.39. The van der Waals surface area contributed by atoms with Gasteiger partial charge >= 0.3 is 5.97 Å². The van der Waals surface area contributed by atoms with E-state index in [1.165, 1.54) is 18.2 Å². The number of amides is 2. The van der Waals surface area contributed by atoms with Crippen LogP contribution in [0.2, 0.25) is 0 Å². The number of nitrogens with zero attached hydrogens (tertiary/aromatic N) is 1. The highest BCUT2D eigenvalue weighted by Gasteiger charge is 2.26. The highest BCUT2D eigenvalue weighted by molar-refractivity contribution is 7.18. The SMILES string of the molecule is CCOC(=O)c1c(NC(=O)CN2CC=C(c3ccccc3)CC2)sc(C(=O)NC)c1C. The van der Waals surface area contributed by atoms with E-state index < -0.39 is 5.97 Å². The fourth-order valence-corrected chi connectivity index (χ4v) is 4.68. The summed E-state index contributed by atoms with van der Waals surface area (Å²) in [6.45, 7) is 5.25. The van der Waals surface area contributed by atoms with Gasteiger partial charge in [-0.15, -0.1) is 11.3 Å². The highest BCUT2D eigenvalue weighted by atomic mass is 32.1. The Morgan fingerprint density at radius 3 is 2.55 bits per heavy atom. The minimum atomic E-state index is -0.546. The standard InChI is InChI=1S/C23H27N3O4S/c1-4-30-23(29)19-15(2)20(21(28)24-3)31-22(19)25-18(27)14-26-12-10-17(11-13-26)16-8-6-5-7-9-16/h5-10H,4,11-14H2,1-3H3,(H,24,28)(H,25,27). The van der Waals surface area contributed by atoms with Crippen LogP contribution in [0.3, 0.4) is 0 Å². The lowest BCUT2D eigenvalue weighted by Gasteiger charge is -2.25. The van der Waals surface area contributed by atoms with Gasteiger partial charge in [0, 0.05) is 20.1 Å². The van der Waals surface area contributed by atoms with Crippen LogP contribution in [0.4, 0.5) is 5.00 Å². The van der Waals surface area contributed by atoms with Crippen LogP contribution in [0.15, 0.2) is 36.4 Å². The molecule has 1 aromatic heterocycles. The number of ether oxygens (including phenoxy) is 1. The molecule has 0 atom stereocenters. The van der Waals surface area contributed by atoms with E-state index in [4.69, 9.17) is 4.74 Å². The molecule has 0 aliphatic carbocycles. The summed E-state index contributed by atoms with van der Waals surface area (Å²) in [4.78, 5) is 39.7. The van der Waals surface area contributed by atoms with Crippen molar-refractivity contribution in [2.75, 3.05) is 38.6 Å². The molecule has 1 aliphatic rings. The zero-order valence-electron chi connectivity index (χ0n) is 18.0. The lowest BCUT2D eigenvalue weighted by atomic mass is 10.00. The second-order valence-corrected chi connectivity index (χ2v) is 8.21. The van der Waals surface area contributed by atoms with Crippen LogP contribution in [-0.4, -0.2) is 56.0 Å². The van der Waals surface area contributed by atoms with Crippen LogP contribution in [0.5, 0.6) is 0 Å². The minimum Gasteiger partial charge on any atom is -0.462 e. The Morgan fingerprint density at radius 1 is 1.19 bits per heavy atom. The van der Waals surface area contributed by atoms with Crippen LogP contribution in [0.25, 0.3) is 5.57 Å². The van der Waals surface area contributed by atoms with Gasteiger partial charge in [-0.1, -0.05) is 36.4 Å². The number of hydrogen-bond acceptors (Lipinski definition) is 6. The monoisotopic (exact) mass is 441 g/mol. The molecule has 0 saturated carbocycles. The van der Waals surface area contributed by atoms with Crippen LogP contribution >= 0.6 is 11.3 Å². The van der Waals surface area contributed by atoms with E-state index in [0.29, 0.717) is 22.0 Å². The van der Waals surface area contributed by atoms with Crippen molar-refractivity contribution in [2.45, 2.75) is 20.3 Å². The number of rotatable bonds is 7. The van der Waals surface area contributed by atoms with E-state index in [9.17, 15) is 14.4 Å². The van der Waals surface area contributed by atoms with Crippen molar-refractivity contribution >= 4 is 39.7 Å². The number of hydrogen-bond donors (Lipinski definition) is 2. The van der Waals surface area contributed by atoms with E-state index in [2.05, 4.69) is 28.8 Å². The van der Waals surface area contributed by atoms with Gasteiger partial charge in [0.15, 0.2) is 0 Å². The Bertz CT molecular complexity index is 998. The number of thiophene rings is 1. The predicted molar refractivity (Wildman–Crippen MR) is 123 cm³/mol. The first-order valence-electron chi connectivity index (χ1n) is 10.2. The van der Waals surface area contributed by atoms with Gasteiger partial charge < -0.3 is 15.4 Å². The summed E-state index contributed by atoms with van der Waals surface area (Å²) in [5.74, 6) is -1.08. The number of carbonyl (C=O) groups excluding carboxylic acids is 3. The van der Waals surface area contributed by atoms with E-state index in [0.717, 1.165) is 24.3 Å². The number of carbonyl (C=O) groups is 3. The second-order valence-electron chi connectivity index (χ2n) is 7.19. The van der Waals surface area contributed by atoms with Crippen molar-refractivity contribution in [3.63, 3.8) is 0 Å². The van der Waals surface area contributed by atoms with Crippen molar-refractivity contribution in [2.24, 2.45) is 0 Å². The minimum absolute atomic E-state index is 0.201. The number of esters is 1. The smallest absolute Gasteiger partial charge is 0.341 e. The van der Waals surface area contributed by atoms with E-state index in [1.54, 1.807) is 13.8 Å². The van der Waals surface area contributed by atoms with Crippen LogP contribution in [0.1, 0.15) is 44.5 Å². The zero-order chi connectivity index (χ0) is 22.4. The van der Waals surface area contributed by atoms with Crippen LogP contribution in [0, 0.1) is 6.92 Å². The molecular weight excluding hydrogens is 414 g/mol. The Hall–Kier alpha value is -2.97. The average Bonchev–Trinajstić information content (AvgIpc) is 3.10. The first-order chi connectivity index (χ1) is 14.9. The molecule has 0 fully saturated rings.